The summed E-state index contributed by atoms with van der Waals surface area (Å²) < 4.78 is 38.4. The molecule has 8 heteroatoms. The molecule has 0 heterocycles. The molecule has 0 bridgehead atoms. The molecule has 3 N–H and O–H groups in total. The maximum Gasteiger partial charge on any atom is 0.241 e. The minimum Gasteiger partial charge on any atom is -0.493 e. The molecule has 1 aliphatic carbocycles. The van der Waals surface area contributed by atoms with Crippen molar-refractivity contribution in [1.82, 2.24) is 4.72 Å². The smallest absolute Gasteiger partial charge is 0.241 e. The van der Waals surface area contributed by atoms with Gasteiger partial charge in [-0.25, -0.2) is 13.1 Å². The molecule has 0 saturated heterocycles. The van der Waals surface area contributed by atoms with Crippen molar-refractivity contribution in [3.8, 4) is 11.5 Å². The minimum absolute atomic E-state index is 0. The number of rotatable bonds is 5. The monoisotopic (exact) mass is 364 g/mol. The summed E-state index contributed by atoms with van der Waals surface area (Å²) in [6.45, 7) is 1.74. The number of sulfonamides is 1. The van der Waals surface area contributed by atoms with E-state index in [4.69, 9.17) is 15.2 Å². The van der Waals surface area contributed by atoms with Gasteiger partial charge in [-0.2, -0.15) is 0 Å². The Bertz CT molecular complexity index is 629. The lowest BCUT2D eigenvalue weighted by molar-refractivity contribution is 0.353. The molecule has 23 heavy (non-hydrogen) atoms. The molecule has 0 radical (unpaired) electrons. The molecular formula is C15H25ClN2O4S. The molecule has 0 atom stereocenters. The van der Waals surface area contributed by atoms with Crippen LogP contribution in [0.5, 0.6) is 11.5 Å². The van der Waals surface area contributed by atoms with Crippen LogP contribution in [0.4, 0.5) is 0 Å². The number of hydrogen-bond acceptors (Lipinski definition) is 5. The zero-order valence-electron chi connectivity index (χ0n) is 13.7. The average Bonchev–Trinajstić information content (AvgIpc) is 2.48. The first-order valence-corrected chi connectivity index (χ1v) is 8.86. The molecule has 0 unspecified atom stereocenters. The zero-order chi connectivity index (χ0) is 16.3. The maximum absolute atomic E-state index is 12.6. The molecule has 132 valence electrons. The first kappa shape index (κ1) is 20.0. The van der Waals surface area contributed by atoms with Crippen molar-refractivity contribution >= 4 is 22.4 Å². The first-order valence-electron chi connectivity index (χ1n) is 7.38. The molecular weight excluding hydrogens is 340 g/mol. The number of hydrogen-bond donors (Lipinski definition) is 2. The van der Waals surface area contributed by atoms with Crippen molar-refractivity contribution < 1.29 is 17.9 Å². The van der Waals surface area contributed by atoms with Gasteiger partial charge in [-0.15, -0.1) is 12.4 Å². The van der Waals surface area contributed by atoms with E-state index >= 15 is 0 Å². The molecule has 1 fully saturated rings. The van der Waals surface area contributed by atoms with E-state index in [0.29, 0.717) is 17.1 Å². The fourth-order valence-corrected chi connectivity index (χ4v) is 4.32. The van der Waals surface area contributed by atoms with Gasteiger partial charge in [-0.1, -0.05) is 0 Å². The van der Waals surface area contributed by atoms with Crippen LogP contribution in [0.1, 0.15) is 31.2 Å². The third-order valence-corrected chi connectivity index (χ3v) is 5.73. The predicted molar refractivity (Wildman–Crippen MR) is 92.1 cm³/mol. The summed E-state index contributed by atoms with van der Waals surface area (Å²) in [7, 11) is -0.584. The normalized spacial score (nSPS) is 21.4. The molecule has 2 rings (SSSR count). The van der Waals surface area contributed by atoms with E-state index in [0.717, 1.165) is 25.7 Å². The second-order valence-electron chi connectivity index (χ2n) is 5.71. The number of aryl methyl sites for hydroxylation is 1. The zero-order valence-corrected chi connectivity index (χ0v) is 15.3. The highest BCUT2D eigenvalue weighted by molar-refractivity contribution is 7.89. The summed E-state index contributed by atoms with van der Waals surface area (Å²) in [5, 5.41) is 0. The Hall–Kier alpha value is -1.02. The van der Waals surface area contributed by atoms with Crippen LogP contribution >= 0.6 is 12.4 Å². The maximum atomic E-state index is 12.6. The summed E-state index contributed by atoms with van der Waals surface area (Å²) in [6, 6.07) is 3.30. The Kier molecular flexibility index (Phi) is 7.13. The van der Waals surface area contributed by atoms with E-state index in [9.17, 15) is 8.42 Å². The topological polar surface area (TPSA) is 90.7 Å². The lowest BCUT2D eigenvalue weighted by atomic mass is 9.93. The Morgan fingerprint density at radius 2 is 1.61 bits per heavy atom. The summed E-state index contributed by atoms with van der Waals surface area (Å²) in [5.74, 6) is 0.918. The molecule has 6 nitrogen and oxygen atoms in total. The lowest BCUT2D eigenvalue weighted by Crippen LogP contribution is -2.40. The van der Waals surface area contributed by atoms with Crippen molar-refractivity contribution in [1.29, 1.82) is 0 Å². The van der Waals surface area contributed by atoms with Gasteiger partial charge in [-0.05, 0) is 44.2 Å². The van der Waals surface area contributed by atoms with Gasteiger partial charge >= 0.3 is 0 Å². The highest BCUT2D eigenvalue weighted by Crippen LogP contribution is 2.32. The van der Waals surface area contributed by atoms with E-state index in [-0.39, 0.29) is 29.4 Å². The third kappa shape index (κ3) is 4.73. The van der Waals surface area contributed by atoms with Crippen LogP contribution < -0.4 is 19.9 Å². The van der Waals surface area contributed by atoms with E-state index in [1.165, 1.54) is 20.3 Å². The van der Waals surface area contributed by atoms with Gasteiger partial charge in [0.2, 0.25) is 10.0 Å². The third-order valence-electron chi connectivity index (χ3n) is 4.06. The predicted octanol–water partition coefficient (Wildman–Crippen LogP) is 1.98. The van der Waals surface area contributed by atoms with Crippen LogP contribution in [0.2, 0.25) is 0 Å². The van der Waals surface area contributed by atoms with Gasteiger partial charge in [0.15, 0.2) is 11.5 Å². The van der Waals surface area contributed by atoms with E-state index < -0.39 is 10.0 Å². The van der Waals surface area contributed by atoms with Gasteiger partial charge in [0.1, 0.15) is 0 Å². The molecule has 1 aliphatic rings. The van der Waals surface area contributed by atoms with Gasteiger partial charge in [0, 0.05) is 18.2 Å². The van der Waals surface area contributed by atoms with Gasteiger partial charge in [0.05, 0.1) is 19.1 Å². The number of benzene rings is 1. The number of nitrogens with one attached hydrogen (secondary N) is 1. The molecule has 0 amide bonds. The van der Waals surface area contributed by atoms with Gasteiger partial charge < -0.3 is 15.2 Å². The number of methoxy groups -OCH3 is 2. The minimum atomic E-state index is -3.59. The lowest BCUT2D eigenvalue weighted by Gasteiger charge is -2.27. The van der Waals surface area contributed by atoms with Crippen LogP contribution in [-0.4, -0.2) is 34.7 Å². The summed E-state index contributed by atoms with van der Waals surface area (Å²) >= 11 is 0. The van der Waals surface area contributed by atoms with Crippen LogP contribution in [0.3, 0.4) is 0 Å². The highest BCUT2D eigenvalue weighted by atomic mass is 35.5. The molecule has 0 aromatic heterocycles. The van der Waals surface area contributed by atoms with Crippen molar-refractivity contribution in [2.24, 2.45) is 5.73 Å². The van der Waals surface area contributed by atoms with Crippen molar-refractivity contribution in [3.05, 3.63) is 17.7 Å². The SMILES string of the molecule is COc1cc(C)c(S(=O)(=O)NC2CCC(N)CC2)cc1OC.Cl. The highest BCUT2D eigenvalue weighted by Gasteiger charge is 2.26. The Morgan fingerprint density at radius 3 is 2.13 bits per heavy atom. The average molecular weight is 365 g/mol. The molecule has 0 spiro atoms. The largest absolute Gasteiger partial charge is 0.493 e. The summed E-state index contributed by atoms with van der Waals surface area (Å²) in [5.41, 5.74) is 6.48. The van der Waals surface area contributed by atoms with E-state index in [1.54, 1.807) is 13.0 Å². The van der Waals surface area contributed by atoms with Gasteiger partial charge in [-0.3, -0.25) is 0 Å². The quantitative estimate of drug-likeness (QED) is 0.833. The molecule has 1 aromatic carbocycles. The Balaban J connectivity index is 0.00000264. The second kappa shape index (κ2) is 8.19. The van der Waals surface area contributed by atoms with Crippen molar-refractivity contribution in [2.45, 2.75) is 49.6 Å². The standard InChI is InChI=1S/C15H24N2O4S.ClH/c1-10-8-13(20-2)14(21-3)9-15(10)22(18,19)17-12-6-4-11(16)5-7-12;/h8-9,11-12,17H,4-7,16H2,1-3H3;1H. The van der Waals surface area contributed by atoms with E-state index in [1.807, 2.05) is 0 Å². The summed E-state index contributed by atoms with van der Waals surface area (Å²) in [6.07, 6.45) is 3.23. The molecule has 1 saturated carbocycles. The molecule has 0 aliphatic heterocycles. The number of ether oxygens (including phenoxy) is 2. The van der Waals surface area contributed by atoms with Crippen LogP contribution in [-0.2, 0) is 10.0 Å². The van der Waals surface area contributed by atoms with Gasteiger partial charge in [0.25, 0.3) is 0 Å². The van der Waals surface area contributed by atoms with Crippen LogP contribution in [0.25, 0.3) is 0 Å². The van der Waals surface area contributed by atoms with Crippen LogP contribution in [0.15, 0.2) is 17.0 Å². The van der Waals surface area contributed by atoms with Crippen LogP contribution in [0, 0.1) is 6.92 Å². The fourth-order valence-electron chi connectivity index (χ4n) is 2.77. The van der Waals surface area contributed by atoms with Crippen molar-refractivity contribution in [3.63, 3.8) is 0 Å². The van der Waals surface area contributed by atoms with E-state index in [2.05, 4.69) is 4.72 Å². The first-order chi connectivity index (χ1) is 10.4. The fraction of sp³-hybridized carbons (Fsp3) is 0.600. The summed E-state index contributed by atoms with van der Waals surface area (Å²) in [4.78, 5) is 0.222. The number of halogens is 1. The number of nitrogens with two attached hydrogens (primary N) is 1. The Labute approximate surface area is 144 Å². The second-order valence-corrected chi connectivity index (χ2v) is 7.39. The molecule has 1 aromatic rings. The Morgan fingerprint density at radius 1 is 1.09 bits per heavy atom. The van der Waals surface area contributed by atoms with Crippen molar-refractivity contribution in [2.75, 3.05) is 14.2 Å².